The summed E-state index contributed by atoms with van der Waals surface area (Å²) in [6.45, 7) is 5.95. The molecule has 0 saturated heterocycles. The van der Waals surface area contributed by atoms with Crippen molar-refractivity contribution in [3.05, 3.63) is 53.6 Å². The van der Waals surface area contributed by atoms with Crippen LogP contribution in [0.1, 0.15) is 24.5 Å². The van der Waals surface area contributed by atoms with E-state index in [1.54, 1.807) is 11.8 Å². The predicted molar refractivity (Wildman–Crippen MR) is 103 cm³/mol. The first-order valence-corrected chi connectivity index (χ1v) is 9.55. The fourth-order valence-corrected chi connectivity index (χ4v) is 3.64. The zero-order chi connectivity index (χ0) is 18.7. The Labute approximate surface area is 158 Å². The van der Waals surface area contributed by atoms with Gasteiger partial charge in [-0.1, -0.05) is 30.8 Å². The summed E-state index contributed by atoms with van der Waals surface area (Å²) >= 11 is 1.70. The first-order valence-electron chi connectivity index (χ1n) is 8.74. The van der Waals surface area contributed by atoms with Crippen LogP contribution in [-0.4, -0.2) is 18.5 Å². The molecule has 2 aromatic rings. The molecule has 1 aliphatic rings. The Balaban J connectivity index is 1.51. The summed E-state index contributed by atoms with van der Waals surface area (Å²) in [5.74, 6) is -0.230. The molecule has 0 bridgehead atoms. The highest BCUT2D eigenvalue weighted by Gasteiger charge is 2.40. The summed E-state index contributed by atoms with van der Waals surface area (Å²) < 4.78 is 5.04. The van der Waals surface area contributed by atoms with Gasteiger partial charge in [0.15, 0.2) is 6.61 Å². The van der Waals surface area contributed by atoms with Crippen molar-refractivity contribution in [3.63, 3.8) is 0 Å². The SMILES string of the molecule is Cc1ccc(C)c(Sc2ccc(NC(=O)COC(=O)[C@H]3C[C@@H]3C)cc2)c1. The van der Waals surface area contributed by atoms with Gasteiger partial charge in [0.25, 0.3) is 5.91 Å². The molecule has 2 atom stereocenters. The number of anilines is 1. The number of rotatable bonds is 6. The minimum Gasteiger partial charge on any atom is -0.455 e. The summed E-state index contributed by atoms with van der Waals surface area (Å²) in [4.78, 5) is 25.9. The number of nitrogens with one attached hydrogen (secondary N) is 1. The Hall–Kier alpha value is -2.27. The van der Waals surface area contributed by atoms with Gasteiger partial charge in [-0.15, -0.1) is 0 Å². The predicted octanol–water partition coefficient (Wildman–Crippen LogP) is 4.59. The van der Waals surface area contributed by atoms with Crippen molar-refractivity contribution in [2.24, 2.45) is 11.8 Å². The van der Waals surface area contributed by atoms with Crippen LogP contribution in [0.2, 0.25) is 0 Å². The molecule has 4 nitrogen and oxygen atoms in total. The van der Waals surface area contributed by atoms with Crippen LogP contribution < -0.4 is 5.32 Å². The van der Waals surface area contributed by atoms with Crippen molar-refractivity contribution >= 4 is 29.3 Å². The van der Waals surface area contributed by atoms with E-state index in [1.807, 2.05) is 31.2 Å². The van der Waals surface area contributed by atoms with Gasteiger partial charge in [0.2, 0.25) is 0 Å². The average Bonchev–Trinajstić information content (AvgIpc) is 3.34. The first-order chi connectivity index (χ1) is 12.4. The Morgan fingerprint density at radius 2 is 1.85 bits per heavy atom. The number of hydrogen-bond acceptors (Lipinski definition) is 4. The molecular formula is C21H23NO3S. The van der Waals surface area contributed by atoms with E-state index in [0.29, 0.717) is 11.6 Å². The van der Waals surface area contributed by atoms with Crippen molar-refractivity contribution in [1.82, 2.24) is 0 Å². The molecule has 1 N–H and O–H groups in total. The van der Waals surface area contributed by atoms with Crippen LogP contribution in [0.5, 0.6) is 0 Å². The van der Waals surface area contributed by atoms with Crippen molar-refractivity contribution in [2.75, 3.05) is 11.9 Å². The lowest BCUT2D eigenvalue weighted by molar-refractivity contribution is -0.148. The summed E-state index contributed by atoms with van der Waals surface area (Å²) in [5, 5.41) is 2.75. The second kappa shape index (κ2) is 7.96. The molecule has 0 unspecified atom stereocenters. The minimum absolute atomic E-state index is 0.0239. The van der Waals surface area contributed by atoms with E-state index in [0.717, 1.165) is 11.3 Å². The minimum atomic E-state index is -0.318. The van der Waals surface area contributed by atoms with Gasteiger partial charge >= 0.3 is 5.97 Å². The van der Waals surface area contributed by atoms with Gasteiger partial charge in [0.1, 0.15) is 0 Å². The maximum absolute atomic E-state index is 11.9. The fraction of sp³-hybridized carbons (Fsp3) is 0.333. The molecule has 3 rings (SSSR count). The Morgan fingerprint density at radius 1 is 1.15 bits per heavy atom. The second-order valence-electron chi connectivity index (χ2n) is 6.87. The lowest BCUT2D eigenvalue weighted by Crippen LogP contribution is -2.21. The molecule has 0 spiro atoms. The Kier molecular flexibility index (Phi) is 5.67. The molecule has 2 aromatic carbocycles. The number of esters is 1. The monoisotopic (exact) mass is 369 g/mol. The van der Waals surface area contributed by atoms with E-state index in [2.05, 4.69) is 37.4 Å². The van der Waals surface area contributed by atoms with E-state index >= 15 is 0 Å². The molecule has 0 heterocycles. The van der Waals surface area contributed by atoms with Crippen LogP contribution in [0, 0.1) is 25.7 Å². The van der Waals surface area contributed by atoms with E-state index in [4.69, 9.17) is 4.74 Å². The molecule has 0 aromatic heterocycles. The van der Waals surface area contributed by atoms with Crippen LogP contribution in [0.3, 0.4) is 0 Å². The molecule has 0 aliphatic heterocycles. The maximum Gasteiger partial charge on any atom is 0.309 e. The molecule has 5 heteroatoms. The largest absolute Gasteiger partial charge is 0.455 e. The summed E-state index contributed by atoms with van der Waals surface area (Å²) in [5.41, 5.74) is 3.16. The number of benzene rings is 2. The number of carbonyl (C=O) groups is 2. The first kappa shape index (κ1) is 18.5. The molecule has 136 valence electrons. The highest BCUT2D eigenvalue weighted by atomic mass is 32.2. The molecule has 26 heavy (non-hydrogen) atoms. The van der Waals surface area contributed by atoms with Gasteiger partial charge in [0.05, 0.1) is 5.92 Å². The van der Waals surface area contributed by atoms with E-state index < -0.39 is 0 Å². The topological polar surface area (TPSA) is 55.4 Å². The number of carbonyl (C=O) groups excluding carboxylic acids is 2. The van der Waals surface area contributed by atoms with Gasteiger partial charge < -0.3 is 10.1 Å². The van der Waals surface area contributed by atoms with E-state index in [9.17, 15) is 9.59 Å². The summed E-state index contributed by atoms with van der Waals surface area (Å²) in [7, 11) is 0. The average molecular weight is 369 g/mol. The van der Waals surface area contributed by atoms with Crippen LogP contribution in [0.25, 0.3) is 0 Å². The van der Waals surface area contributed by atoms with Crippen molar-refractivity contribution < 1.29 is 14.3 Å². The van der Waals surface area contributed by atoms with Crippen LogP contribution >= 0.6 is 11.8 Å². The van der Waals surface area contributed by atoms with Crippen LogP contribution in [-0.2, 0) is 14.3 Å². The molecule has 1 saturated carbocycles. The molecule has 1 fully saturated rings. The number of ether oxygens (including phenoxy) is 1. The maximum atomic E-state index is 11.9. The van der Waals surface area contributed by atoms with Crippen LogP contribution in [0.15, 0.2) is 52.3 Å². The standard InChI is InChI=1S/C21H23NO3S/c1-13-4-5-14(2)19(10-13)26-17-8-6-16(7-9-17)22-20(23)12-25-21(24)18-11-15(18)3/h4-10,15,18H,11-12H2,1-3H3,(H,22,23)/t15-,18-/m0/s1. The number of hydrogen-bond donors (Lipinski definition) is 1. The fourth-order valence-electron chi connectivity index (χ4n) is 2.64. The van der Waals surface area contributed by atoms with Gasteiger partial charge in [-0.3, -0.25) is 9.59 Å². The summed E-state index contributed by atoms with van der Waals surface area (Å²) in [6.07, 6.45) is 0.861. The van der Waals surface area contributed by atoms with E-state index in [1.165, 1.54) is 16.0 Å². The zero-order valence-electron chi connectivity index (χ0n) is 15.2. The molecule has 1 amide bonds. The quantitative estimate of drug-likeness (QED) is 0.757. The van der Waals surface area contributed by atoms with Crippen molar-refractivity contribution in [2.45, 2.75) is 37.0 Å². The summed E-state index contributed by atoms with van der Waals surface area (Å²) in [6, 6.07) is 14.1. The highest BCUT2D eigenvalue weighted by Crippen LogP contribution is 2.38. The Bertz CT molecular complexity index is 817. The number of aryl methyl sites for hydroxylation is 2. The zero-order valence-corrected chi connectivity index (χ0v) is 16.1. The third kappa shape index (κ3) is 4.88. The molecule has 1 aliphatic carbocycles. The van der Waals surface area contributed by atoms with Gasteiger partial charge in [-0.05, 0) is 67.6 Å². The Morgan fingerprint density at radius 3 is 2.50 bits per heavy atom. The smallest absolute Gasteiger partial charge is 0.309 e. The molecular weight excluding hydrogens is 346 g/mol. The van der Waals surface area contributed by atoms with E-state index in [-0.39, 0.29) is 24.4 Å². The second-order valence-corrected chi connectivity index (χ2v) is 7.99. The normalized spacial score (nSPS) is 18.3. The lowest BCUT2D eigenvalue weighted by Gasteiger charge is -2.09. The third-order valence-electron chi connectivity index (χ3n) is 4.47. The number of amides is 1. The lowest BCUT2D eigenvalue weighted by atomic mass is 10.2. The van der Waals surface area contributed by atoms with Gasteiger partial charge in [0, 0.05) is 15.5 Å². The van der Waals surface area contributed by atoms with Crippen molar-refractivity contribution in [3.8, 4) is 0 Å². The van der Waals surface area contributed by atoms with Crippen molar-refractivity contribution in [1.29, 1.82) is 0 Å². The van der Waals surface area contributed by atoms with Crippen LogP contribution in [0.4, 0.5) is 5.69 Å². The highest BCUT2D eigenvalue weighted by molar-refractivity contribution is 7.99. The van der Waals surface area contributed by atoms with Gasteiger partial charge in [-0.25, -0.2) is 0 Å². The van der Waals surface area contributed by atoms with Gasteiger partial charge in [-0.2, -0.15) is 0 Å². The third-order valence-corrected chi connectivity index (χ3v) is 5.63. The molecule has 0 radical (unpaired) electrons.